The minimum Gasteiger partial charge on any atom is -0.387 e. The van der Waals surface area contributed by atoms with E-state index in [4.69, 9.17) is 0 Å². The molecule has 0 aliphatic rings. The second kappa shape index (κ2) is 6.99. The summed E-state index contributed by atoms with van der Waals surface area (Å²) in [5.41, 5.74) is 2.42. The summed E-state index contributed by atoms with van der Waals surface area (Å²) in [4.78, 5) is 12.0. The molecule has 2 N–H and O–H groups in total. The quantitative estimate of drug-likeness (QED) is 0.851. The number of nitrogens with zero attached hydrogens (tertiary/aromatic N) is 3. The minimum atomic E-state index is -0.636. The predicted molar refractivity (Wildman–Crippen MR) is 79.7 cm³/mol. The van der Waals surface area contributed by atoms with Gasteiger partial charge >= 0.3 is 0 Å². The Morgan fingerprint density at radius 3 is 2.95 bits per heavy atom. The largest absolute Gasteiger partial charge is 0.387 e. The Kier molecular flexibility index (Phi) is 5.05. The molecule has 6 heteroatoms. The summed E-state index contributed by atoms with van der Waals surface area (Å²) >= 11 is 0. The van der Waals surface area contributed by atoms with Crippen molar-refractivity contribution in [1.29, 1.82) is 0 Å². The van der Waals surface area contributed by atoms with Crippen LogP contribution in [0.15, 0.2) is 30.5 Å². The van der Waals surface area contributed by atoms with Crippen molar-refractivity contribution in [3.63, 3.8) is 0 Å². The topological polar surface area (TPSA) is 80.0 Å². The molecule has 1 atom stereocenters. The number of carbonyl (C=O) groups excluding carboxylic acids is 1. The van der Waals surface area contributed by atoms with E-state index in [1.165, 1.54) is 10.2 Å². The average molecular weight is 288 g/mol. The number of hydrogen-bond donors (Lipinski definition) is 2. The van der Waals surface area contributed by atoms with Gasteiger partial charge in [-0.1, -0.05) is 31.2 Å². The fourth-order valence-electron chi connectivity index (χ4n) is 1.97. The number of nitrogens with one attached hydrogen (secondary N) is 1. The van der Waals surface area contributed by atoms with Gasteiger partial charge in [0.05, 0.1) is 12.3 Å². The molecule has 0 saturated heterocycles. The van der Waals surface area contributed by atoms with E-state index in [0.29, 0.717) is 12.1 Å². The van der Waals surface area contributed by atoms with Crippen molar-refractivity contribution in [1.82, 2.24) is 15.0 Å². The zero-order chi connectivity index (χ0) is 15.2. The number of carbonyl (C=O) groups is 1. The number of hydrogen-bond acceptors (Lipinski definition) is 4. The van der Waals surface area contributed by atoms with Crippen molar-refractivity contribution >= 4 is 11.6 Å². The minimum absolute atomic E-state index is 0.0692. The Hall–Kier alpha value is -2.21. The Balaban J connectivity index is 1.96. The number of benzene rings is 1. The Morgan fingerprint density at radius 2 is 2.24 bits per heavy atom. The van der Waals surface area contributed by atoms with E-state index in [1.54, 1.807) is 6.20 Å². The van der Waals surface area contributed by atoms with Crippen LogP contribution in [-0.4, -0.2) is 26.0 Å². The van der Waals surface area contributed by atoms with Crippen LogP contribution in [0.1, 0.15) is 37.6 Å². The van der Waals surface area contributed by atoms with Gasteiger partial charge in [-0.2, -0.15) is 0 Å². The molecule has 0 spiro atoms. The van der Waals surface area contributed by atoms with Crippen LogP contribution in [0.2, 0.25) is 0 Å². The highest BCUT2D eigenvalue weighted by atomic mass is 16.3. The van der Waals surface area contributed by atoms with Gasteiger partial charge in [-0.05, 0) is 30.5 Å². The van der Waals surface area contributed by atoms with Crippen LogP contribution < -0.4 is 5.32 Å². The summed E-state index contributed by atoms with van der Waals surface area (Å²) in [7, 11) is 0. The fourth-order valence-corrected chi connectivity index (χ4v) is 1.97. The molecule has 0 bridgehead atoms. The molecule has 0 fully saturated rings. The van der Waals surface area contributed by atoms with Gasteiger partial charge in [0, 0.05) is 5.69 Å². The molecular weight excluding hydrogens is 268 g/mol. The first kappa shape index (κ1) is 15.2. The highest BCUT2D eigenvalue weighted by Gasteiger charge is 2.11. The second-order valence-corrected chi connectivity index (χ2v) is 4.87. The molecule has 2 rings (SSSR count). The van der Waals surface area contributed by atoms with Crippen LogP contribution in [-0.2, 0) is 17.8 Å². The van der Waals surface area contributed by atoms with Gasteiger partial charge in [0.15, 0.2) is 0 Å². The molecule has 0 aliphatic carbocycles. The predicted octanol–water partition coefficient (Wildman–Crippen LogP) is 1.92. The summed E-state index contributed by atoms with van der Waals surface area (Å²) in [5.74, 6) is -0.175. The van der Waals surface area contributed by atoms with E-state index >= 15 is 0 Å². The molecular formula is C15H20N4O2. The summed E-state index contributed by atoms with van der Waals surface area (Å²) in [6.45, 7) is 3.99. The third-order valence-corrected chi connectivity index (χ3v) is 3.21. The number of aryl methyl sites for hydroxylation is 1. The molecule has 0 saturated carbocycles. The van der Waals surface area contributed by atoms with Crippen LogP contribution in [0.4, 0.5) is 5.69 Å². The van der Waals surface area contributed by atoms with E-state index in [0.717, 1.165) is 12.1 Å². The smallest absolute Gasteiger partial charge is 0.246 e. The molecule has 1 aromatic heterocycles. The number of aliphatic hydroxyl groups excluding tert-OH is 1. The molecule has 1 heterocycles. The molecule has 0 aliphatic heterocycles. The zero-order valence-corrected chi connectivity index (χ0v) is 12.3. The molecule has 1 aromatic carbocycles. The van der Waals surface area contributed by atoms with Crippen molar-refractivity contribution in [2.75, 3.05) is 5.32 Å². The Labute approximate surface area is 123 Å². The number of anilines is 1. The van der Waals surface area contributed by atoms with E-state index in [9.17, 15) is 9.90 Å². The number of aromatic nitrogens is 3. The maximum Gasteiger partial charge on any atom is 0.246 e. The summed E-state index contributed by atoms with van der Waals surface area (Å²) in [6.07, 6.45) is 2.44. The van der Waals surface area contributed by atoms with Gasteiger partial charge in [0.2, 0.25) is 5.91 Å². The lowest BCUT2D eigenvalue weighted by molar-refractivity contribution is -0.116. The Morgan fingerprint density at radius 1 is 1.43 bits per heavy atom. The molecule has 112 valence electrons. The van der Waals surface area contributed by atoms with Gasteiger partial charge in [-0.15, -0.1) is 5.10 Å². The number of amides is 1. The summed E-state index contributed by atoms with van der Waals surface area (Å²) in [5, 5.41) is 20.2. The molecule has 1 amide bonds. The standard InChI is InChI=1S/C15H20N4O2/c1-3-11-6-5-7-12(8-11)16-15(21)10-19-9-13(17-18-19)14(20)4-2/h5-9,14,20H,3-4,10H2,1-2H3,(H,16,21). The van der Waals surface area contributed by atoms with Gasteiger partial charge in [0.25, 0.3) is 0 Å². The fraction of sp³-hybridized carbons (Fsp3) is 0.400. The molecule has 0 radical (unpaired) electrons. The molecule has 2 aromatic rings. The number of aliphatic hydroxyl groups is 1. The van der Waals surface area contributed by atoms with Crippen molar-refractivity contribution in [3.05, 3.63) is 41.7 Å². The number of rotatable bonds is 6. The first-order valence-corrected chi connectivity index (χ1v) is 7.09. The maximum atomic E-state index is 12.0. The van der Waals surface area contributed by atoms with E-state index in [1.807, 2.05) is 31.2 Å². The molecule has 21 heavy (non-hydrogen) atoms. The van der Waals surface area contributed by atoms with Gasteiger partial charge < -0.3 is 10.4 Å². The third-order valence-electron chi connectivity index (χ3n) is 3.21. The van der Waals surface area contributed by atoms with Crippen molar-refractivity contribution in [3.8, 4) is 0 Å². The first-order chi connectivity index (χ1) is 10.1. The van der Waals surface area contributed by atoms with Crippen molar-refractivity contribution in [2.45, 2.75) is 39.3 Å². The lowest BCUT2D eigenvalue weighted by Crippen LogP contribution is -2.19. The van der Waals surface area contributed by atoms with E-state index in [2.05, 4.69) is 22.6 Å². The third kappa shape index (κ3) is 4.13. The highest BCUT2D eigenvalue weighted by molar-refractivity contribution is 5.90. The lowest BCUT2D eigenvalue weighted by Gasteiger charge is -2.06. The van der Waals surface area contributed by atoms with Gasteiger partial charge in [-0.25, -0.2) is 4.68 Å². The SMILES string of the molecule is CCc1cccc(NC(=O)Cn2cc(C(O)CC)nn2)c1. The van der Waals surface area contributed by atoms with Crippen LogP contribution in [0.25, 0.3) is 0 Å². The zero-order valence-electron chi connectivity index (χ0n) is 12.3. The van der Waals surface area contributed by atoms with Crippen molar-refractivity contribution in [2.24, 2.45) is 0 Å². The van der Waals surface area contributed by atoms with E-state index < -0.39 is 6.10 Å². The highest BCUT2D eigenvalue weighted by Crippen LogP contribution is 2.13. The first-order valence-electron chi connectivity index (χ1n) is 7.09. The molecule has 6 nitrogen and oxygen atoms in total. The van der Waals surface area contributed by atoms with Crippen LogP contribution >= 0.6 is 0 Å². The van der Waals surface area contributed by atoms with Gasteiger partial charge in [0.1, 0.15) is 12.2 Å². The average Bonchev–Trinajstić information content (AvgIpc) is 2.94. The second-order valence-electron chi connectivity index (χ2n) is 4.87. The summed E-state index contributed by atoms with van der Waals surface area (Å²) in [6, 6.07) is 7.74. The summed E-state index contributed by atoms with van der Waals surface area (Å²) < 4.78 is 1.42. The van der Waals surface area contributed by atoms with E-state index in [-0.39, 0.29) is 12.5 Å². The maximum absolute atomic E-state index is 12.0. The lowest BCUT2D eigenvalue weighted by atomic mass is 10.1. The van der Waals surface area contributed by atoms with Crippen LogP contribution in [0, 0.1) is 0 Å². The molecule has 1 unspecified atom stereocenters. The van der Waals surface area contributed by atoms with Gasteiger partial charge in [-0.3, -0.25) is 4.79 Å². The Bertz CT molecular complexity index is 609. The van der Waals surface area contributed by atoms with Crippen LogP contribution in [0.3, 0.4) is 0 Å². The van der Waals surface area contributed by atoms with Crippen molar-refractivity contribution < 1.29 is 9.90 Å². The monoisotopic (exact) mass is 288 g/mol. The normalized spacial score (nSPS) is 12.1. The van der Waals surface area contributed by atoms with Crippen LogP contribution in [0.5, 0.6) is 0 Å².